The second-order valence-electron chi connectivity index (χ2n) is 6.10. The van der Waals surface area contributed by atoms with Gasteiger partial charge in [0, 0.05) is 10.7 Å². The number of nitrogens with zero attached hydrogens (tertiary/aromatic N) is 2. The first-order chi connectivity index (χ1) is 15.0. The van der Waals surface area contributed by atoms with Gasteiger partial charge < -0.3 is 20.5 Å². The Morgan fingerprint density at radius 1 is 1.06 bits per heavy atom. The van der Waals surface area contributed by atoms with Gasteiger partial charge in [-0.25, -0.2) is 9.97 Å². The third-order valence-electron chi connectivity index (χ3n) is 3.88. The molecule has 0 bridgehead atoms. The summed E-state index contributed by atoms with van der Waals surface area (Å²) in [6.45, 7) is 2.22. The molecule has 31 heavy (non-hydrogen) atoms. The Morgan fingerprint density at radius 3 is 2.52 bits per heavy atom. The summed E-state index contributed by atoms with van der Waals surface area (Å²) in [6.07, 6.45) is 1.31. The summed E-state index contributed by atoms with van der Waals surface area (Å²) >= 11 is 11.8. The van der Waals surface area contributed by atoms with Gasteiger partial charge in [-0.15, -0.1) is 0 Å². The van der Waals surface area contributed by atoms with E-state index in [9.17, 15) is 4.79 Å². The second kappa shape index (κ2) is 10.6. The molecule has 0 aliphatic rings. The molecule has 9 nitrogen and oxygen atoms in total. The van der Waals surface area contributed by atoms with Crippen LogP contribution in [0.15, 0.2) is 48.8 Å². The van der Waals surface area contributed by atoms with Gasteiger partial charge in [0.05, 0.1) is 11.6 Å². The van der Waals surface area contributed by atoms with E-state index in [1.807, 2.05) is 31.2 Å². The van der Waals surface area contributed by atoms with Crippen LogP contribution in [0.25, 0.3) is 0 Å². The van der Waals surface area contributed by atoms with E-state index < -0.39 is 5.91 Å². The summed E-state index contributed by atoms with van der Waals surface area (Å²) in [5.74, 6) is 1.23. The molecule has 1 heterocycles. The van der Waals surface area contributed by atoms with Crippen LogP contribution in [0.2, 0.25) is 10.0 Å². The topological polar surface area (TPSA) is 123 Å². The SMILES string of the molecule is CCOc1ccc(Nc2ncnc(NNC(=O)COc3ccc(Cl)cc3Cl)c2N)cc1. The fraction of sp³-hybridized carbons (Fsp3) is 0.150. The van der Waals surface area contributed by atoms with Crippen molar-refractivity contribution in [3.63, 3.8) is 0 Å². The smallest absolute Gasteiger partial charge is 0.276 e. The molecule has 0 radical (unpaired) electrons. The van der Waals surface area contributed by atoms with Crippen LogP contribution >= 0.6 is 23.2 Å². The lowest BCUT2D eigenvalue weighted by Gasteiger charge is -2.14. The van der Waals surface area contributed by atoms with Gasteiger partial charge in [0.2, 0.25) is 0 Å². The highest BCUT2D eigenvalue weighted by molar-refractivity contribution is 6.35. The molecule has 0 saturated carbocycles. The quantitative estimate of drug-likeness (QED) is 0.351. The van der Waals surface area contributed by atoms with Gasteiger partial charge in [0.1, 0.15) is 23.5 Å². The predicted octanol–water partition coefficient (Wildman–Crippen LogP) is 4.03. The Hall–Kier alpha value is -3.43. The van der Waals surface area contributed by atoms with E-state index in [2.05, 4.69) is 26.1 Å². The van der Waals surface area contributed by atoms with Crippen molar-refractivity contribution >= 4 is 52.1 Å². The van der Waals surface area contributed by atoms with E-state index in [0.717, 1.165) is 11.4 Å². The Bertz CT molecular complexity index is 1050. The van der Waals surface area contributed by atoms with E-state index in [-0.39, 0.29) is 18.1 Å². The van der Waals surface area contributed by atoms with E-state index in [4.69, 9.17) is 38.4 Å². The Balaban J connectivity index is 1.56. The molecule has 3 aromatic rings. The van der Waals surface area contributed by atoms with Gasteiger partial charge in [-0.1, -0.05) is 23.2 Å². The van der Waals surface area contributed by atoms with Crippen molar-refractivity contribution in [1.82, 2.24) is 15.4 Å². The number of hydrogen-bond donors (Lipinski definition) is 4. The number of carbonyl (C=O) groups is 1. The number of hydrogen-bond acceptors (Lipinski definition) is 8. The summed E-state index contributed by atoms with van der Waals surface area (Å²) in [4.78, 5) is 20.2. The van der Waals surface area contributed by atoms with Gasteiger partial charge in [0.25, 0.3) is 5.91 Å². The first-order valence-electron chi connectivity index (χ1n) is 9.19. The summed E-state index contributed by atoms with van der Waals surface area (Å²) in [7, 11) is 0. The second-order valence-corrected chi connectivity index (χ2v) is 6.95. The number of nitrogens with two attached hydrogens (primary N) is 1. The largest absolute Gasteiger partial charge is 0.494 e. The number of nitrogens with one attached hydrogen (secondary N) is 3. The minimum atomic E-state index is -0.468. The van der Waals surface area contributed by atoms with Crippen molar-refractivity contribution in [3.8, 4) is 11.5 Å². The molecule has 0 aliphatic heterocycles. The lowest BCUT2D eigenvalue weighted by atomic mass is 10.3. The average Bonchev–Trinajstić information content (AvgIpc) is 2.75. The fourth-order valence-electron chi connectivity index (χ4n) is 2.43. The third-order valence-corrected chi connectivity index (χ3v) is 4.42. The van der Waals surface area contributed by atoms with E-state index in [1.165, 1.54) is 12.4 Å². The molecule has 0 unspecified atom stereocenters. The molecule has 0 aliphatic carbocycles. The van der Waals surface area contributed by atoms with Gasteiger partial charge in [-0.3, -0.25) is 15.6 Å². The van der Waals surface area contributed by atoms with Crippen molar-refractivity contribution in [1.29, 1.82) is 0 Å². The zero-order chi connectivity index (χ0) is 22.2. The minimum absolute atomic E-state index is 0.221. The van der Waals surface area contributed by atoms with Crippen LogP contribution in [0.1, 0.15) is 6.92 Å². The first kappa shape index (κ1) is 22.3. The molecular weight excluding hydrogens is 443 g/mol. The Labute approximate surface area is 188 Å². The lowest BCUT2D eigenvalue weighted by molar-refractivity contribution is -0.122. The maximum atomic E-state index is 12.1. The minimum Gasteiger partial charge on any atom is -0.494 e. The number of hydrazine groups is 1. The highest BCUT2D eigenvalue weighted by Crippen LogP contribution is 2.28. The zero-order valence-corrected chi connectivity index (χ0v) is 18.0. The monoisotopic (exact) mass is 462 g/mol. The molecule has 0 fully saturated rings. The number of aromatic nitrogens is 2. The van der Waals surface area contributed by atoms with Gasteiger partial charge >= 0.3 is 0 Å². The van der Waals surface area contributed by atoms with Crippen LogP contribution in [-0.2, 0) is 4.79 Å². The summed E-state index contributed by atoms with van der Waals surface area (Å²) in [5.41, 5.74) is 12.2. The number of carbonyl (C=O) groups excluding carboxylic acids is 1. The average molecular weight is 463 g/mol. The maximum absolute atomic E-state index is 12.1. The number of rotatable bonds is 9. The van der Waals surface area contributed by atoms with Crippen LogP contribution in [0.4, 0.5) is 23.0 Å². The number of nitrogen functional groups attached to an aromatic ring is 1. The maximum Gasteiger partial charge on any atom is 0.276 e. The van der Waals surface area contributed by atoms with Crippen LogP contribution in [0.3, 0.4) is 0 Å². The molecule has 1 aromatic heterocycles. The van der Waals surface area contributed by atoms with Gasteiger partial charge in [-0.2, -0.15) is 0 Å². The number of benzene rings is 2. The standard InChI is InChI=1S/C20H20Cl2N6O3/c1-2-30-14-6-4-13(5-7-14)26-19-18(23)20(25-11-24-19)28-27-17(29)10-31-16-8-3-12(21)9-15(16)22/h3-9,11H,2,10,23H2,1H3,(H,27,29)(H2,24,25,26,28). The van der Waals surface area contributed by atoms with Crippen LogP contribution < -0.4 is 31.4 Å². The Kier molecular flexibility index (Phi) is 7.58. The normalized spacial score (nSPS) is 10.3. The molecule has 0 saturated heterocycles. The molecular formula is C20H20Cl2N6O3. The number of anilines is 4. The molecule has 2 aromatic carbocycles. The third kappa shape index (κ3) is 6.27. The van der Waals surface area contributed by atoms with E-state index >= 15 is 0 Å². The van der Waals surface area contributed by atoms with Crippen molar-refractivity contribution in [2.75, 3.05) is 29.7 Å². The highest BCUT2D eigenvalue weighted by Gasteiger charge is 2.11. The van der Waals surface area contributed by atoms with Crippen LogP contribution in [-0.4, -0.2) is 29.1 Å². The van der Waals surface area contributed by atoms with Crippen molar-refractivity contribution in [2.24, 2.45) is 0 Å². The Morgan fingerprint density at radius 2 is 1.81 bits per heavy atom. The molecule has 162 valence electrons. The van der Waals surface area contributed by atoms with Crippen LogP contribution in [0, 0.1) is 0 Å². The lowest BCUT2D eigenvalue weighted by Crippen LogP contribution is -2.34. The number of halogens is 2. The van der Waals surface area contributed by atoms with Crippen molar-refractivity contribution < 1.29 is 14.3 Å². The van der Waals surface area contributed by atoms with Crippen molar-refractivity contribution in [3.05, 3.63) is 58.8 Å². The predicted molar refractivity (Wildman–Crippen MR) is 121 cm³/mol. The highest BCUT2D eigenvalue weighted by atomic mass is 35.5. The summed E-state index contributed by atoms with van der Waals surface area (Å²) in [5, 5.41) is 3.87. The van der Waals surface area contributed by atoms with E-state index in [0.29, 0.717) is 28.2 Å². The van der Waals surface area contributed by atoms with E-state index in [1.54, 1.807) is 12.1 Å². The number of amides is 1. The summed E-state index contributed by atoms with van der Waals surface area (Å²) in [6, 6.07) is 12.0. The molecule has 5 N–H and O–H groups in total. The zero-order valence-electron chi connectivity index (χ0n) is 16.5. The molecule has 3 rings (SSSR count). The summed E-state index contributed by atoms with van der Waals surface area (Å²) < 4.78 is 10.8. The van der Waals surface area contributed by atoms with Crippen LogP contribution in [0.5, 0.6) is 11.5 Å². The fourth-order valence-corrected chi connectivity index (χ4v) is 2.90. The number of ether oxygens (including phenoxy) is 2. The van der Waals surface area contributed by atoms with Crippen molar-refractivity contribution in [2.45, 2.75) is 6.92 Å². The first-order valence-corrected chi connectivity index (χ1v) is 9.95. The molecule has 11 heteroatoms. The van der Waals surface area contributed by atoms with Gasteiger partial charge in [0.15, 0.2) is 18.2 Å². The van der Waals surface area contributed by atoms with Gasteiger partial charge in [-0.05, 0) is 49.4 Å². The molecule has 1 amide bonds. The molecule has 0 spiro atoms. The molecule has 0 atom stereocenters.